The number of para-hydroxylation sites is 1. The Balaban J connectivity index is 1.36. The number of carbonyl (C=O) groups is 3. The Bertz CT molecular complexity index is 1690. The summed E-state index contributed by atoms with van der Waals surface area (Å²) in [5.41, 5.74) is 2.84. The summed E-state index contributed by atoms with van der Waals surface area (Å²) in [6.45, 7) is 1.70. The molecule has 2 unspecified atom stereocenters. The fourth-order valence-electron chi connectivity index (χ4n) is 5.05. The van der Waals surface area contributed by atoms with Crippen LogP contribution in [0, 0.1) is 12.8 Å². The van der Waals surface area contributed by atoms with Crippen molar-refractivity contribution >= 4 is 68.1 Å². The van der Waals surface area contributed by atoms with Gasteiger partial charge in [0.15, 0.2) is 6.61 Å². The van der Waals surface area contributed by atoms with E-state index in [2.05, 4.69) is 26.2 Å². The minimum Gasteiger partial charge on any atom is -0.483 e. The van der Waals surface area contributed by atoms with E-state index in [4.69, 9.17) is 4.74 Å². The number of carbonyl (C=O) groups excluding carboxylic acids is 3. The number of aromatic amines is 1. The van der Waals surface area contributed by atoms with Gasteiger partial charge in [0.2, 0.25) is 11.8 Å². The second kappa shape index (κ2) is 10.7. The maximum Gasteiger partial charge on any atom is 0.305 e. The summed E-state index contributed by atoms with van der Waals surface area (Å²) in [4.78, 5) is 57.2. The summed E-state index contributed by atoms with van der Waals surface area (Å²) >= 11 is 5.75. The summed E-state index contributed by atoms with van der Waals surface area (Å²) < 4.78 is 6.75. The van der Waals surface area contributed by atoms with Crippen LogP contribution in [-0.2, 0) is 14.4 Å². The number of halogens is 1. The van der Waals surface area contributed by atoms with E-state index in [1.54, 1.807) is 36.4 Å². The van der Waals surface area contributed by atoms with Gasteiger partial charge in [0.05, 0.1) is 16.6 Å². The van der Waals surface area contributed by atoms with Gasteiger partial charge in [0.1, 0.15) is 11.0 Å². The van der Waals surface area contributed by atoms with Crippen LogP contribution in [0.1, 0.15) is 21.9 Å². The Hall–Kier alpha value is -3.67. The van der Waals surface area contributed by atoms with E-state index in [-0.39, 0.29) is 29.2 Å². The standard InChI is InChI=1S/C29H22BrN3O5S2/c1-15-7-10-17(11-8-15)31-21(34)14-38-20-12-9-16(30)13-19(20)22-23-25(39-26-24(22)40-29(37)32-26)28(36)33(27(23)35)18-5-3-2-4-6-18/h2-13,22-23,25H,14H2,1H3,(H,31,34)(H,32,37)/t22-,23?,25?/m1/s1. The number of aromatic nitrogens is 1. The zero-order valence-corrected chi connectivity index (χ0v) is 24.3. The minimum absolute atomic E-state index is 0.266. The van der Waals surface area contributed by atoms with Crippen LogP contribution in [0.4, 0.5) is 11.4 Å². The number of hydrogen-bond donors (Lipinski definition) is 2. The molecule has 0 bridgehead atoms. The van der Waals surface area contributed by atoms with Gasteiger partial charge in [-0.15, -0.1) is 0 Å². The van der Waals surface area contributed by atoms with Gasteiger partial charge in [0.25, 0.3) is 5.91 Å². The van der Waals surface area contributed by atoms with Crippen LogP contribution in [0.3, 0.4) is 0 Å². The lowest BCUT2D eigenvalue weighted by atomic mass is 9.82. The number of benzene rings is 3. The first-order chi connectivity index (χ1) is 19.3. The SMILES string of the molecule is Cc1ccc(NC(=O)COc2ccc(Br)cc2[C@H]2c3sc(=O)[nH]c3SC3C(=O)N(c4ccccc4)C(=O)C32)cc1. The quantitative estimate of drug-likeness (QED) is 0.278. The molecule has 2 N–H and O–H groups in total. The first-order valence-electron chi connectivity index (χ1n) is 12.4. The molecule has 8 nitrogen and oxygen atoms in total. The van der Waals surface area contributed by atoms with Crippen LogP contribution in [0.15, 0.2) is 87.1 Å². The highest BCUT2D eigenvalue weighted by Gasteiger charge is 2.56. The molecule has 4 aromatic rings. The molecular formula is C29H22BrN3O5S2. The molecule has 3 amide bonds. The van der Waals surface area contributed by atoms with Crippen LogP contribution < -0.4 is 19.8 Å². The molecule has 0 saturated carbocycles. The number of hydrogen-bond acceptors (Lipinski definition) is 7. The number of anilines is 2. The Morgan fingerprint density at radius 1 is 1.02 bits per heavy atom. The fraction of sp³-hybridized carbons (Fsp3) is 0.172. The summed E-state index contributed by atoms with van der Waals surface area (Å²) in [6.07, 6.45) is 0. The van der Waals surface area contributed by atoms with E-state index in [0.29, 0.717) is 32.6 Å². The second-order valence-electron chi connectivity index (χ2n) is 9.48. The normalized spacial score (nSPS) is 19.8. The molecule has 11 heteroatoms. The smallest absolute Gasteiger partial charge is 0.305 e. The third-order valence-electron chi connectivity index (χ3n) is 6.84. The summed E-state index contributed by atoms with van der Waals surface area (Å²) in [5, 5.41) is 2.66. The van der Waals surface area contributed by atoms with E-state index >= 15 is 0 Å². The maximum absolute atomic E-state index is 13.9. The zero-order valence-electron chi connectivity index (χ0n) is 21.1. The van der Waals surface area contributed by atoms with Crippen molar-refractivity contribution in [3.63, 3.8) is 0 Å². The van der Waals surface area contributed by atoms with Crippen molar-refractivity contribution in [1.82, 2.24) is 4.98 Å². The van der Waals surface area contributed by atoms with Crippen molar-refractivity contribution in [3.05, 3.63) is 103 Å². The Kier molecular flexibility index (Phi) is 7.11. The van der Waals surface area contributed by atoms with Gasteiger partial charge in [-0.2, -0.15) is 0 Å². The first-order valence-corrected chi connectivity index (χ1v) is 14.9. The number of nitrogens with zero attached hydrogens (tertiary/aromatic N) is 1. The predicted octanol–water partition coefficient (Wildman–Crippen LogP) is 5.32. The van der Waals surface area contributed by atoms with Crippen molar-refractivity contribution < 1.29 is 19.1 Å². The molecule has 2 aliphatic heterocycles. The van der Waals surface area contributed by atoms with E-state index in [0.717, 1.165) is 21.4 Å². The maximum atomic E-state index is 13.9. The van der Waals surface area contributed by atoms with Crippen LogP contribution in [0.5, 0.6) is 5.75 Å². The van der Waals surface area contributed by atoms with Gasteiger partial charge in [-0.1, -0.05) is 74.9 Å². The lowest BCUT2D eigenvalue weighted by Crippen LogP contribution is -2.32. The number of thiazole rings is 1. The minimum atomic E-state index is -0.769. The average molecular weight is 637 g/mol. The lowest BCUT2D eigenvalue weighted by molar-refractivity contribution is -0.122. The van der Waals surface area contributed by atoms with Crippen LogP contribution in [0.2, 0.25) is 0 Å². The van der Waals surface area contributed by atoms with Crippen molar-refractivity contribution in [2.45, 2.75) is 23.1 Å². The molecule has 0 radical (unpaired) electrons. The summed E-state index contributed by atoms with van der Waals surface area (Å²) in [5.74, 6) is -2.03. The highest BCUT2D eigenvalue weighted by Crippen LogP contribution is 2.54. The number of thioether (sulfide) groups is 1. The molecule has 3 aromatic carbocycles. The van der Waals surface area contributed by atoms with Crippen LogP contribution >= 0.6 is 39.0 Å². The van der Waals surface area contributed by atoms with E-state index < -0.39 is 17.1 Å². The predicted molar refractivity (Wildman–Crippen MR) is 158 cm³/mol. The third kappa shape index (κ3) is 4.89. The number of fused-ring (bicyclic) bond motifs is 2. The molecule has 40 heavy (non-hydrogen) atoms. The molecule has 0 aliphatic carbocycles. The number of nitrogens with one attached hydrogen (secondary N) is 2. The molecule has 6 rings (SSSR count). The number of H-pyrrole nitrogens is 1. The monoisotopic (exact) mass is 635 g/mol. The molecule has 0 spiro atoms. The average Bonchev–Trinajstić information content (AvgIpc) is 3.43. The molecule has 1 aromatic heterocycles. The number of aryl methyl sites for hydroxylation is 1. The highest BCUT2D eigenvalue weighted by atomic mass is 79.9. The molecule has 1 saturated heterocycles. The van der Waals surface area contributed by atoms with Crippen molar-refractivity contribution in [1.29, 1.82) is 0 Å². The molecule has 2 aliphatic rings. The van der Waals surface area contributed by atoms with Crippen LogP contribution in [-0.4, -0.2) is 34.6 Å². The van der Waals surface area contributed by atoms with Gasteiger partial charge in [-0.25, -0.2) is 4.90 Å². The van der Waals surface area contributed by atoms with Gasteiger partial charge >= 0.3 is 4.87 Å². The van der Waals surface area contributed by atoms with Gasteiger partial charge < -0.3 is 15.0 Å². The second-order valence-corrected chi connectivity index (χ2v) is 12.6. The number of ether oxygens (including phenoxy) is 1. The van der Waals surface area contributed by atoms with Crippen LogP contribution in [0.25, 0.3) is 0 Å². The summed E-state index contributed by atoms with van der Waals surface area (Å²) in [7, 11) is 0. The Morgan fingerprint density at radius 3 is 2.52 bits per heavy atom. The molecule has 3 atom stereocenters. The molecule has 1 fully saturated rings. The number of imide groups is 1. The van der Waals surface area contributed by atoms with E-state index in [9.17, 15) is 19.2 Å². The molecular weight excluding hydrogens is 614 g/mol. The zero-order chi connectivity index (χ0) is 28.0. The number of amides is 3. The summed E-state index contributed by atoms with van der Waals surface area (Å²) in [6, 6.07) is 21.6. The first kappa shape index (κ1) is 26.5. The van der Waals surface area contributed by atoms with Gasteiger partial charge in [0, 0.05) is 26.5 Å². The van der Waals surface area contributed by atoms with Gasteiger partial charge in [-0.3, -0.25) is 19.2 Å². The van der Waals surface area contributed by atoms with E-state index in [1.165, 1.54) is 16.7 Å². The topological polar surface area (TPSA) is 109 Å². The third-order valence-corrected chi connectivity index (χ3v) is 9.73. The van der Waals surface area contributed by atoms with Crippen molar-refractivity contribution in [3.8, 4) is 5.75 Å². The number of rotatable bonds is 6. The Morgan fingerprint density at radius 2 is 1.77 bits per heavy atom. The van der Waals surface area contributed by atoms with Crippen molar-refractivity contribution in [2.75, 3.05) is 16.8 Å². The Labute approximate surface area is 245 Å². The lowest BCUT2D eigenvalue weighted by Gasteiger charge is -2.31. The highest BCUT2D eigenvalue weighted by molar-refractivity contribution is 9.10. The largest absolute Gasteiger partial charge is 0.483 e. The fourth-order valence-corrected chi connectivity index (χ4v) is 7.94. The molecule has 202 valence electrons. The van der Waals surface area contributed by atoms with E-state index in [1.807, 2.05) is 43.3 Å². The molecule has 3 heterocycles. The van der Waals surface area contributed by atoms with Crippen molar-refractivity contribution in [2.24, 2.45) is 5.92 Å². The van der Waals surface area contributed by atoms with Gasteiger partial charge in [-0.05, 0) is 49.4 Å².